The molecule has 20 heavy (non-hydrogen) atoms. The van der Waals surface area contributed by atoms with E-state index in [-0.39, 0.29) is 0 Å². The van der Waals surface area contributed by atoms with Gasteiger partial charge in [-0.1, -0.05) is 24.4 Å². The first-order valence-corrected chi connectivity index (χ1v) is 7.49. The molecule has 2 heterocycles. The van der Waals surface area contributed by atoms with Gasteiger partial charge in [-0.3, -0.25) is 4.68 Å². The first kappa shape index (κ1) is 13.6. The van der Waals surface area contributed by atoms with E-state index in [1.165, 1.54) is 25.7 Å². The summed E-state index contributed by atoms with van der Waals surface area (Å²) in [5.74, 6) is 1.24. The molecule has 0 amide bonds. The zero-order valence-electron chi connectivity index (χ0n) is 12.1. The Balaban J connectivity index is 2.09. The van der Waals surface area contributed by atoms with Crippen molar-refractivity contribution in [3.05, 3.63) is 28.3 Å². The SMILES string of the molecule is Cc1nn(C)c(C)c1-c1nc(Cl)cc(C2CCCC2)n1. The zero-order valence-corrected chi connectivity index (χ0v) is 12.9. The predicted octanol–water partition coefficient (Wildman–Crippen LogP) is 3.80. The molecule has 1 saturated carbocycles. The van der Waals surface area contributed by atoms with Crippen molar-refractivity contribution in [2.45, 2.75) is 45.4 Å². The van der Waals surface area contributed by atoms with E-state index in [9.17, 15) is 0 Å². The molecule has 0 unspecified atom stereocenters. The maximum atomic E-state index is 6.21. The number of aryl methyl sites for hydroxylation is 2. The third-order valence-corrected chi connectivity index (χ3v) is 4.41. The van der Waals surface area contributed by atoms with Crippen molar-refractivity contribution in [1.29, 1.82) is 0 Å². The van der Waals surface area contributed by atoms with Crippen LogP contribution in [0.1, 0.15) is 48.7 Å². The smallest absolute Gasteiger partial charge is 0.164 e. The molecule has 0 aromatic carbocycles. The van der Waals surface area contributed by atoms with Crippen LogP contribution in [0.25, 0.3) is 11.4 Å². The average Bonchev–Trinajstić information content (AvgIpc) is 2.99. The minimum absolute atomic E-state index is 0.527. The van der Waals surface area contributed by atoms with Crippen molar-refractivity contribution in [2.75, 3.05) is 0 Å². The molecule has 0 N–H and O–H groups in total. The van der Waals surface area contributed by atoms with Crippen molar-refractivity contribution in [3.8, 4) is 11.4 Å². The fourth-order valence-corrected chi connectivity index (χ4v) is 3.27. The highest BCUT2D eigenvalue weighted by Gasteiger charge is 2.22. The number of hydrogen-bond acceptors (Lipinski definition) is 3. The highest BCUT2D eigenvalue weighted by atomic mass is 35.5. The van der Waals surface area contributed by atoms with Crippen LogP contribution in [0.3, 0.4) is 0 Å². The van der Waals surface area contributed by atoms with Crippen LogP contribution in [0.2, 0.25) is 5.15 Å². The lowest BCUT2D eigenvalue weighted by molar-refractivity contribution is 0.695. The molecular formula is C15H19ClN4. The Bertz CT molecular complexity index is 642. The van der Waals surface area contributed by atoms with Crippen LogP contribution in [0.15, 0.2) is 6.07 Å². The maximum absolute atomic E-state index is 6.21. The lowest BCUT2D eigenvalue weighted by atomic mass is 10.0. The lowest BCUT2D eigenvalue weighted by Gasteiger charge is -2.10. The van der Waals surface area contributed by atoms with Crippen molar-refractivity contribution in [1.82, 2.24) is 19.7 Å². The summed E-state index contributed by atoms with van der Waals surface area (Å²) in [6.07, 6.45) is 4.98. The summed E-state index contributed by atoms with van der Waals surface area (Å²) >= 11 is 6.21. The minimum Gasteiger partial charge on any atom is -0.272 e. The van der Waals surface area contributed by atoms with Gasteiger partial charge in [0, 0.05) is 24.4 Å². The Kier molecular flexibility index (Phi) is 3.50. The topological polar surface area (TPSA) is 43.6 Å². The van der Waals surface area contributed by atoms with Gasteiger partial charge in [0.15, 0.2) is 5.82 Å². The van der Waals surface area contributed by atoms with Gasteiger partial charge in [0.05, 0.1) is 11.3 Å². The van der Waals surface area contributed by atoms with Crippen LogP contribution in [0.4, 0.5) is 0 Å². The molecule has 0 radical (unpaired) electrons. The first-order chi connectivity index (χ1) is 9.56. The van der Waals surface area contributed by atoms with Crippen LogP contribution in [0.5, 0.6) is 0 Å². The molecule has 2 aromatic rings. The van der Waals surface area contributed by atoms with Gasteiger partial charge in [0.2, 0.25) is 0 Å². The fourth-order valence-electron chi connectivity index (χ4n) is 3.07. The number of halogens is 1. The Hall–Kier alpha value is -1.42. The molecule has 5 heteroatoms. The highest BCUT2D eigenvalue weighted by Crippen LogP contribution is 2.35. The van der Waals surface area contributed by atoms with Gasteiger partial charge >= 0.3 is 0 Å². The van der Waals surface area contributed by atoms with Gasteiger partial charge in [-0.2, -0.15) is 5.10 Å². The Morgan fingerprint density at radius 2 is 1.90 bits per heavy atom. The van der Waals surface area contributed by atoms with Gasteiger partial charge in [0.25, 0.3) is 0 Å². The first-order valence-electron chi connectivity index (χ1n) is 7.11. The Labute approximate surface area is 124 Å². The molecular weight excluding hydrogens is 272 g/mol. The average molecular weight is 291 g/mol. The number of nitrogens with zero attached hydrogens (tertiary/aromatic N) is 4. The van der Waals surface area contributed by atoms with Crippen LogP contribution in [-0.4, -0.2) is 19.7 Å². The molecule has 0 saturated heterocycles. The molecule has 0 aliphatic heterocycles. The van der Waals surface area contributed by atoms with Gasteiger partial charge in [-0.15, -0.1) is 0 Å². The normalized spacial score (nSPS) is 16.0. The van der Waals surface area contributed by atoms with Crippen LogP contribution in [-0.2, 0) is 7.05 Å². The van der Waals surface area contributed by atoms with Gasteiger partial charge in [-0.25, -0.2) is 9.97 Å². The van der Waals surface area contributed by atoms with E-state index in [4.69, 9.17) is 16.6 Å². The van der Waals surface area contributed by atoms with Gasteiger partial charge < -0.3 is 0 Å². The number of aromatic nitrogens is 4. The van der Waals surface area contributed by atoms with Gasteiger partial charge in [-0.05, 0) is 32.8 Å². The van der Waals surface area contributed by atoms with E-state index in [1.54, 1.807) is 0 Å². The van der Waals surface area contributed by atoms with Crippen molar-refractivity contribution < 1.29 is 0 Å². The van der Waals surface area contributed by atoms with E-state index in [0.717, 1.165) is 22.6 Å². The summed E-state index contributed by atoms with van der Waals surface area (Å²) in [5.41, 5.74) is 4.11. The van der Waals surface area contributed by atoms with Crippen molar-refractivity contribution >= 4 is 11.6 Å². The van der Waals surface area contributed by atoms with Gasteiger partial charge in [0.1, 0.15) is 5.15 Å². The molecule has 0 atom stereocenters. The summed E-state index contributed by atoms with van der Waals surface area (Å²) in [7, 11) is 1.94. The summed E-state index contributed by atoms with van der Waals surface area (Å²) in [5, 5.41) is 4.96. The van der Waals surface area contributed by atoms with Crippen LogP contribution in [0, 0.1) is 13.8 Å². The van der Waals surface area contributed by atoms with Crippen molar-refractivity contribution in [3.63, 3.8) is 0 Å². The second-order valence-corrected chi connectivity index (χ2v) is 5.98. The molecule has 2 aromatic heterocycles. The van der Waals surface area contributed by atoms with Crippen LogP contribution >= 0.6 is 11.6 Å². The molecule has 1 aliphatic carbocycles. The maximum Gasteiger partial charge on any atom is 0.164 e. The van der Waals surface area contributed by atoms with Crippen molar-refractivity contribution in [2.24, 2.45) is 7.05 Å². The summed E-state index contributed by atoms with van der Waals surface area (Å²) < 4.78 is 1.87. The van der Waals surface area contributed by atoms with E-state index < -0.39 is 0 Å². The van der Waals surface area contributed by atoms with Crippen LogP contribution < -0.4 is 0 Å². The third-order valence-electron chi connectivity index (χ3n) is 4.22. The summed E-state index contributed by atoms with van der Waals surface area (Å²) in [4.78, 5) is 9.18. The number of hydrogen-bond donors (Lipinski definition) is 0. The second-order valence-electron chi connectivity index (χ2n) is 5.59. The third kappa shape index (κ3) is 2.33. The standard InChI is InChI=1S/C15H19ClN4/c1-9-14(10(2)20(3)19-9)15-17-12(8-13(16)18-15)11-6-4-5-7-11/h8,11H,4-7H2,1-3H3. The monoisotopic (exact) mass is 290 g/mol. The summed E-state index contributed by atoms with van der Waals surface area (Å²) in [6, 6.07) is 1.92. The molecule has 0 spiro atoms. The minimum atomic E-state index is 0.527. The largest absolute Gasteiger partial charge is 0.272 e. The summed E-state index contributed by atoms with van der Waals surface area (Å²) in [6.45, 7) is 4.02. The molecule has 106 valence electrons. The molecule has 0 bridgehead atoms. The highest BCUT2D eigenvalue weighted by molar-refractivity contribution is 6.29. The van der Waals surface area contributed by atoms with E-state index in [2.05, 4.69) is 10.1 Å². The fraction of sp³-hybridized carbons (Fsp3) is 0.533. The van der Waals surface area contributed by atoms with E-state index >= 15 is 0 Å². The predicted molar refractivity (Wildman–Crippen MR) is 79.9 cm³/mol. The van der Waals surface area contributed by atoms with E-state index in [1.807, 2.05) is 31.6 Å². The zero-order chi connectivity index (χ0) is 14.3. The lowest BCUT2D eigenvalue weighted by Crippen LogP contribution is -2.01. The molecule has 3 rings (SSSR count). The quantitative estimate of drug-likeness (QED) is 0.790. The number of rotatable bonds is 2. The Morgan fingerprint density at radius 3 is 2.50 bits per heavy atom. The Morgan fingerprint density at radius 1 is 1.20 bits per heavy atom. The molecule has 4 nitrogen and oxygen atoms in total. The second kappa shape index (κ2) is 5.17. The molecule has 1 fully saturated rings. The molecule has 1 aliphatic rings. The van der Waals surface area contributed by atoms with E-state index in [0.29, 0.717) is 16.9 Å².